The van der Waals surface area contributed by atoms with Gasteiger partial charge in [-0.1, -0.05) is 71.9 Å². The van der Waals surface area contributed by atoms with Crippen LogP contribution in [0.15, 0.2) is 89.4 Å². The summed E-state index contributed by atoms with van der Waals surface area (Å²) in [5.74, 6) is 2.03. The van der Waals surface area contributed by atoms with Crippen molar-refractivity contribution in [1.82, 2.24) is 14.9 Å². The van der Waals surface area contributed by atoms with Crippen LogP contribution in [0.5, 0.6) is 11.5 Å². The third-order valence-electron chi connectivity index (χ3n) is 4.82. The molecule has 4 rings (SSSR count). The summed E-state index contributed by atoms with van der Waals surface area (Å²) in [6, 6.07) is 23.7. The summed E-state index contributed by atoms with van der Waals surface area (Å²) in [6.45, 7) is 0.570. The smallest absolute Gasteiger partial charge is 0.212 e. The molecule has 0 radical (unpaired) electrons. The molecular formula is C25H23ClN4O2S. The zero-order valence-electron chi connectivity index (χ0n) is 18.1. The first-order chi connectivity index (χ1) is 16.2. The SMILES string of the molecule is COc1cc(/C=N/n2cnnc2SCc2ccccc2Cl)ccc1OCCc1ccccc1. The molecule has 0 unspecified atom stereocenters. The maximum absolute atomic E-state index is 6.24. The summed E-state index contributed by atoms with van der Waals surface area (Å²) >= 11 is 7.76. The number of benzene rings is 3. The van der Waals surface area contributed by atoms with Crippen molar-refractivity contribution in [2.75, 3.05) is 13.7 Å². The summed E-state index contributed by atoms with van der Waals surface area (Å²) in [4.78, 5) is 0. The lowest BCUT2D eigenvalue weighted by molar-refractivity contribution is 0.297. The van der Waals surface area contributed by atoms with Crippen molar-refractivity contribution in [3.8, 4) is 11.5 Å². The quantitative estimate of drug-likeness (QED) is 0.215. The van der Waals surface area contributed by atoms with Gasteiger partial charge in [0.25, 0.3) is 0 Å². The molecular weight excluding hydrogens is 456 g/mol. The Bertz CT molecular complexity index is 1210. The van der Waals surface area contributed by atoms with Crippen LogP contribution in [0.3, 0.4) is 0 Å². The Morgan fingerprint density at radius 2 is 1.85 bits per heavy atom. The lowest BCUT2D eigenvalue weighted by Crippen LogP contribution is -2.03. The highest BCUT2D eigenvalue weighted by molar-refractivity contribution is 7.98. The molecule has 0 saturated heterocycles. The normalized spacial score (nSPS) is 11.1. The van der Waals surface area contributed by atoms with Crippen molar-refractivity contribution in [1.29, 1.82) is 0 Å². The van der Waals surface area contributed by atoms with Gasteiger partial charge in [-0.25, -0.2) is 0 Å². The zero-order valence-corrected chi connectivity index (χ0v) is 19.7. The van der Waals surface area contributed by atoms with Crippen molar-refractivity contribution < 1.29 is 9.47 Å². The molecule has 8 heteroatoms. The van der Waals surface area contributed by atoms with Gasteiger partial charge in [0, 0.05) is 17.2 Å². The van der Waals surface area contributed by atoms with Gasteiger partial charge >= 0.3 is 0 Å². The molecule has 6 nitrogen and oxygen atoms in total. The topological polar surface area (TPSA) is 61.5 Å². The Kier molecular flexibility index (Phi) is 8.00. The number of nitrogens with zero attached hydrogens (tertiary/aromatic N) is 4. The minimum atomic E-state index is 0.570. The average molecular weight is 479 g/mol. The highest BCUT2D eigenvalue weighted by Gasteiger charge is 2.08. The fourth-order valence-electron chi connectivity index (χ4n) is 3.09. The predicted octanol–water partition coefficient (Wildman–Crippen LogP) is 5.74. The van der Waals surface area contributed by atoms with Gasteiger partial charge < -0.3 is 9.47 Å². The Labute approximate surface area is 202 Å². The first kappa shape index (κ1) is 22.9. The zero-order chi connectivity index (χ0) is 22.9. The molecule has 33 heavy (non-hydrogen) atoms. The highest BCUT2D eigenvalue weighted by Crippen LogP contribution is 2.28. The van der Waals surface area contributed by atoms with E-state index in [1.807, 2.05) is 60.7 Å². The van der Waals surface area contributed by atoms with Gasteiger partial charge in [-0.3, -0.25) is 0 Å². The molecule has 0 spiro atoms. The van der Waals surface area contributed by atoms with Crippen molar-refractivity contribution in [3.63, 3.8) is 0 Å². The van der Waals surface area contributed by atoms with Crippen molar-refractivity contribution in [2.24, 2.45) is 5.10 Å². The third-order valence-corrected chi connectivity index (χ3v) is 6.18. The van der Waals surface area contributed by atoms with E-state index in [9.17, 15) is 0 Å². The Hall–Kier alpha value is -3.29. The minimum Gasteiger partial charge on any atom is -0.493 e. The van der Waals surface area contributed by atoms with Gasteiger partial charge in [-0.2, -0.15) is 9.78 Å². The minimum absolute atomic E-state index is 0.570. The molecule has 0 fully saturated rings. The molecule has 0 aliphatic rings. The summed E-state index contributed by atoms with van der Waals surface area (Å²) in [7, 11) is 1.63. The lowest BCUT2D eigenvalue weighted by atomic mass is 10.2. The van der Waals surface area contributed by atoms with Gasteiger partial charge in [-0.15, -0.1) is 10.2 Å². The molecule has 0 aliphatic heterocycles. The molecule has 168 valence electrons. The molecule has 0 N–H and O–H groups in total. The Morgan fingerprint density at radius 3 is 2.67 bits per heavy atom. The van der Waals surface area contributed by atoms with E-state index in [-0.39, 0.29) is 0 Å². The number of ether oxygens (including phenoxy) is 2. The Balaban J connectivity index is 1.38. The van der Waals surface area contributed by atoms with Crippen molar-refractivity contribution in [3.05, 3.63) is 101 Å². The second kappa shape index (κ2) is 11.5. The Morgan fingerprint density at radius 1 is 1.03 bits per heavy atom. The van der Waals surface area contributed by atoms with E-state index in [2.05, 4.69) is 27.4 Å². The van der Waals surface area contributed by atoms with Crippen LogP contribution in [0.1, 0.15) is 16.7 Å². The molecule has 0 atom stereocenters. The number of hydrogen-bond donors (Lipinski definition) is 0. The van der Waals surface area contributed by atoms with Gasteiger partial charge in [0.1, 0.15) is 6.33 Å². The van der Waals surface area contributed by atoms with E-state index in [1.54, 1.807) is 24.3 Å². The molecule has 4 aromatic rings. The molecule has 1 aromatic heterocycles. The number of rotatable bonds is 10. The molecule has 3 aromatic carbocycles. The second-order valence-corrected chi connectivity index (χ2v) is 8.43. The van der Waals surface area contributed by atoms with Gasteiger partial charge in [0.2, 0.25) is 5.16 Å². The van der Waals surface area contributed by atoms with Crippen LogP contribution in [0.2, 0.25) is 5.02 Å². The van der Waals surface area contributed by atoms with E-state index in [0.717, 1.165) is 22.6 Å². The van der Waals surface area contributed by atoms with E-state index >= 15 is 0 Å². The van der Waals surface area contributed by atoms with Crippen LogP contribution < -0.4 is 9.47 Å². The molecule has 0 aliphatic carbocycles. The van der Waals surface area contributed by atoms with Gasteiger partial charge in [-0.05, 0) is 41.0 Å². The maximum atomic E-state index is 6.24. The molecule has 0 saturated carbocycles. The van der Waals surface area contributed by atoms with Gasteiger partial charge in [0.15, 0.2) is 11.5 Å². The van der Waals surface area contributed by atoms with Crippen LogP contribution >= 0.6 is 23.4 Å². The maximum Gasteiger partial charge on any atom is 0.212 e. The van der Waals surface area contributed by atoms with Gasteiger partial charge in [0.05, 0.1) is 19.9 Å². The largest absolute Gasteiger partial charge is 0.493 e. The number of halogens is 1. The third kappa shape index (κ3) is 6.37. The standard InChI is InChI=1S/C25H23ClN4O2S/c1-31-24-15-20(11-12-23(24)32-14-13-19-7-3-2-4-8-19)16-28-30-18-27-29-25(30)33-17-21-9-5-6-10-22(21)26/h2-12,15-16,18H,13-14,17H2,1H3/b28-16+. The van der Waals surface area contributed by atoms with E-state index in [0.29, 0.717) is 29.0 Å². The fraction of sp³-hybridized carbons (Fsp3) is 0.160. The summed E-state index contributed by atoms with van der Waals surface area (Å²) in [5, 5.41) is 14.0. The first-order valence-corrected chi connectivity index (χ1v) is 11.7. The highest BCUT2D eigenvalue weighted by atomic mass is 35.5. The molecule has 1 heterocycles. The average Bonchev–Trinajstić information content (AvgIpc) is 3.31. The van der Waals surface area contributed by atoms with Crippen LogP contribution in [0.4, 0.5) is 0 Å². The number of aromatic nitrogens is 3. The summed E-state index contributed by atoms with van der Waals surface area (Å²) in [6.07, 6.45) is 4.14. The first-order valence-electron chi connectivity index (χ1n) is 10.4. The number of hydrogen-bond acceptors (Lipinski definition) is 6. The van der Waals surface area contributed by atoms with Crippen molar-refractivity contribution in [2.45, 2.75) is 17.3 Å². The summed E-state index contributed by atoms with van der Waals surface area (Å²) in [5.41, 5.74) is 3.14. The van der Waals surface area contributed by atoms with E-state index in [1.165, 1.54) is 17.3 Å². The predicted molar refractivity (Wildman–Crippen MR) is 133 cm³/mol. The fourth-order valence-corrected chi connectivity index (χ4v) is 4.24. The second-order valence-electron chi connectivity index (χ2n) is 7.08. The summed E-state index contributed by atoms with van der Waals surface area (Å²) < 4.78 is 13.1. The number of methoxy groups -OCH3 is 1. The monoisotopic (exact) mass is 478 g/mol. The number of thioether (sulfide) groups is 1. The van der Waals surface area contributed by atoms with E-state index in [4.69, 9.17) is 21.1 Å². The molecule has 0 amide bonds. The van der Waals surface area contributed by atoms with Crippen LogP contribution in [0.25, 0.3) is 0 Å². The lowest BCUT2D eigenvalue weighted by Gasteiger charge is -2.11. The van der Waals surface area contributed by atoms with E-state index < -0.39 is 0 Å². The van der Waals surface area contributed by atoms with Crippen LogP contribution in [0, 0.1) is 0 Å². The van der Waals surface area contributed by atoms with Crippen molar-refractivity contribution >= 4 is 29.6 Å². The molecule has 0 bridgehead atoms. The van der Waals surface area contributed by atoms with Crippen LogP contribution in [-0.2, 0) is 12.2 Å². The van der Waals surface area contributed by atoms with Crippen LogP contribution in [-0.4, -0.2) is 34.8 Å².